The summed E-state index contributed by atoms with van der Waals surface area (Å²) in [6.45, 7) is 3.08. The van der Waals surface area contributed by atoms with E-state index in [9.17, 15) is 22.8 Å². The minimum Gasteiger partial charge on any atom is -0.460 e. The summed E-state index contributed by atoms with van der Waals surface area (Å²) in [6, 6.07) is 4.47. The first-order chi connectivity index (χ1) is 9.79. The van der Waals surface area contributed by atoms with Gasteiger partial charge in [-0.3, -0.25) is 9.59 Å². The van der Waals surface area contributed by atoms with Crippen LogP contribution in [0.3, 0.4) is 0 Å². The Balaban J connectivity index is 2.50. The number of ketones is 2. The van der Waals surface area contributed by atoms with Crippen molar-refractivity contribution in [1.29, 1.82) is 0 Å². The van der Waals surface area contributed by atoms with Crippen LogP contribution in [-0.4, -0.2) is 38.3 Å². The highest BCUT2D eigenvalue weighted by Crippen LogP contribution is 2.31. The molecule has 21 heavy (non-hydrogen) atoms. The summed E-state index contributed by atoms with van der Waals surface area (Å²) in [7, 11) is -3.80. The van der Waals surface area contributed by atoms with Gasteiger partial charge in [0, 0.05) is 5.56 Å². The van der Waals surface area contributed by atoms with E-state index in [1.54, 1.807) is 19.1 Å². The van der Waals surface area contributed by atoms with E-state index in [0.29, 0.717) is 5.56 Å². The lowest BCUT2D eigenvalue weighted by atomic mass is 9.93. The lowest BCUT2D eigenvalue weighted by molar-refractivity contribution is -0.154. The highest BCUT2D eigenvalue weighted by molar-refractivity contribution is 7.91. The summed E-state index contributed by atoms with van der Waals surface area (Å²) in [5.41, 5.74) is 0.409. The maximum absolute atomic E-state index is 12.3. The maximum Gasteiger partial charge on any atom is 0.375 e. The SMILES string of the molecule is CCOC(=O)C(=O)C1CS(=O)(=O)c2c(C)cccc2C1=O. The lowest BCUT2D eigenvalue weighted by Gasteiger charge is -2.23. The van der Waals surface area contributed by atoms with Gasteiger partial charge in [0.1, 0.15) is 5.92 Å². The van der Waals surface area contributed by atoms with Gasteiger partial charge in [-0.25, -0.2) is 13.2 Å². The molecule has 0 aromatic heterocycles. The van der Waals surface area contributed by atoms with Gasteiger partial charge < -0.3 is 4.74 Å². The summed E-state index contributed by atoms with van der Waals surface area (Å²) < 4.78 is 29.1. The molecule has 0 aliphatic carbocycles. The largest absolute Gasteiger partial charge is 0.460 e. The molecule has 1 atom stereocenters. The molecule has 0 N–H and O–H groups in total. The van der Waals surface area contributed by atoms with Crippen LogP contribution in [0.25, 0.3) is 0 Å². The first kappa shape index (κ1) is 15.4. The number of carbonyl (C=O) groups excluding carboxylic acids is 3. The molecular formula is C14H14O6S. The van der Waals surface area contributed by atoms with E-state index in [4.69, 9.17) is 0 Å². The molecule has 0 bridgehead atoms. The van der Waals surface area contributed by atoms with Gasteiger partial charge in [0.05, 0.1) is 17.3 Å². The Morgan fingerprint density at radius 1 is 1.33 bits per heavy atom. The van der Waals surface area contributed by atoms with Crippen LogP contribution in [0.2, 0.25) is 0 Å². The molecule has 2 rings (SSSR count). The molecule has 1 aromatic rings. The highest BCUT2D eigenvalue weighted by atomic mass is 32.2. The van der Waals surface area contributed by atoms with Gasteiger partial charge in [0.25, 0.3) is 5.78 Å². The van der Waals surface area contributed by atoms with Crippen molar-refractivity contribution < 1.29 is 27.5 Å². The molecule has 6 nitrogen and oxygen atoms in total. The highest BCUT2D eigenvalue weighted by Gasteiger charge is 2.43. The fourth-order valence-corrected chi connectivity index (χ4v) is 4.34. The standard InChI is InChI=1S/C14H14O6S/c1-3-20-14(17)12(16)10-7-21(18,19)13-8(2)5-4-6-9(13)11(10)15/h4-6,10H,3,7H2,1-2H3. The van der Waals surface area contributed by atoms with E-state index in [2.05, 4.69) is 4.74 Å². The quantitative estimate of drug-likeness (QED) is 0.464. The first-order valence-electron chi connectivity index (χ1n) is 6.37. The van der Waals surface area contributed by atoms with Crippen molar-refractivity contribution in [1.82, 2.24) is 0 Å². The Bertz CT molecular complexity index is 732. The molecule has 0 fully saturated rings. The summed E-state index contributed by atoms with van der Waals surface area (Å²) in [6.07, 6.45) is 0. The van der Waals surface area contributed by atoms with Crippen molar-refractivity contribution in [2.45, 2.75) is 18.7 Å². The zero-order chi connectivity index (χ0) is 15.8. The van der Waals surface area contributed by atoms with E-state index in [1.807, 2.05) is 0 Å². The first-order valence-corrected chi connectivity index (χ1v) is 8.02. The molecule has 1 unspecified atom stereocenters. The van der Waals surface area contributed by atoms with E-state index in [-0.39, 0.29) is 17.1 Å². The average Bonchev–Trinajstić information content (AvgIpc) is 2.42. The number of carbonyl (C=O) groups is 3. The van der Waals surface area contributed by atoms with Gasteiger partial charge in [-0.2, -0.15) is 0 Å². The third-order valence-electron chi connectivity index (χ3n) is 3.28. The van der Waals surface area contributed by atoms with Crippen molar-refractivity contribution in [2.75, 3.05) is 12.4 Å². The minimum atomic E-state index is -3.80. The summed E-state index contributed by atoms with van der Waals surface area (Å²) in [5.74, 6) is -5.16. The number of rotatable bonds is 3. The molecule has 7 heteroatoms. The second-order valence-electron chi connectivity index (χ2n) is 4.73. The Hall–Kier alpha value is -2.02. The van der Waals surface area contributed by atoms with E-state index >= 15 is 0 Å². The fraction of sp³-hybridized carbons (Fsp3) is 0.357. The molecule has 1 aliphatic heterocycles. The lowest BCUT2D eigenvalue weighted by Crippen LogP contribution is -2.40. The van der Waals surface area contributed by atoms with Gasteiger partial charge in [-0.15, -0.1) is 0 Å². The Morgan fingerprint density at radius 2 is 2.00 bits per heavy atom. The Morgan fingerprint density at radius 3 is 2.62 bits per heavy atom. The van der Waals surface area contributed by atoms with Crippen molar-refractivity contribution >= 4 is 27.4 Å². The van der Waals surface area contributed by atoms with Gasteiger partial charge >= 0.3 is 5.97 Å². The minimum absolute atomic E-state index is 0.0199. The summed E-state index contributed by atoms with van der Waals surface area (Å²) in [5, 5.41) is 0. The third kappa shape index (κ3) is 2.61. The number of fused-ring (bicyclic) bond motifs is 1. The number of hydrogen-bond acceptors (Lipinski definition) is 6. The number of sulfone groups is 1. The van der Waals surface area contributed by atoms with Crippen molar-refractivity contribution in [3.05, 3.63) is 29.3 Å². The van der Waals surface area contributed by atoms with E-state index in [0.717, 1.165) is 0 Å². The molecule has 1 aliphatic rings. The van der Waals surface area contributed by atoms with Gasteiger partial charge in [-0.05, 0) is 19.4 Å². The van der Waals surface area contributed by atoms with Crippen LogP contribution in [0, 0.1) is 12.8 Å². The third-order valence-corrected chi connectivity index (χ3v) is 5.22. The van der Waals surface area contributed by atoms with E-state index in [1.165, 1.54) is 13.0 Å². The van der Waals surface area contributed by atoms with Crippen LogP contribution in [0.5, 0.6) is 0 Å². The molecule has 0 saturated heterocycles. The number of esters is 1. The zero-order valence-electron chi connectivity index (χ0n) is 11.6. The van der Waals surface area contributed by atoms with Crippen LogP contribution in [0.4, 0.5) is 0 Å². The maximum atomic E-state index is 12.3. The second kappa shape index (κ2) is 5.40. The van der Waals surface area contributed by atoms with Gasteiger partial charge in [0.2, 0.25) is 0 Å². The summed E-state index contributed by atoms with van der Waals surface area (Å²) in [4.78, 5) is 35.6. The number of ether oxygens (including phenoxy) is 1. The van der Waals surface area contributed by atoms with Crippen LogP contribution < -0.4 is 0 Å². The van der Waals surface area contributed by atoms with Gasteiger partial charge in [0.15, 0.2) is 15.6 Å². The number of benzene rings is 1. The predicted octanol–water partition coefficient (Wildman–Crippen LogP) is 0.713. The molecule has 0 radical (unpaired) electrons. The van der Waals surface area contributed by atoms with Crippen LogP contribution in [0.15, 0.2) is 23.1 Å². The molecule has 112 valence electrons. The van der Waals surface area contributed by atoms with E-state index < -0.39 is 39.0 Å². The van der Waals surface area contributed by atoms with Crippen molar-refractivity contribution in [3.8, 4) is 0 Å². The number of aryl methyl sites for hydroxylation is 1. The monoisotopic (exact) mass is 310 g/mol. The molecule has 1 heterocycles. The van der Waals surface area contributed by atoms with Crippen LogP contribution in [0.1, 0.15) is 22.8 Å². The van der Waals surface area contributed by atoms with Crippen LogP contribution >= 0.6 is 0 Å². The fourth-order valence-electron chi connectivity index (χ4n) is 2.36. The van der Waals surface area contributed by atoms with Crippen molar-refractivity contribution in [3.63, 3.8) is 0 Å². The number of Topliss-reactive ketones (excluding diaryl/α,β-unsaturated/α-hetero) is 2. The smallest absolute Gasteiger partial charge is 0.375 e. The molecule has 0 spiro atoms. The molecule has 0 amide bonds. The topological polar surface area (TPSA) is 94.6 Å². The molecular weight excluding hydrogens is 296 g/mol. The zero-order valence-corrected chi connectivity index (χ0v) is 12.4. The Labute approximate surface area is 122 Å². The normalized spacial score (nSPS) is 19.7. The van der Waals surface area contributed by atoms with Gasteiger partial charge in [-0.1, -0.05) is 18.2 Å². The summed E-state index contributed by atoms with van der Waals surface area (Å²) >= 11 is 0. The second-order valence-corrected chi connectivity index (χ2v) is 6.71. The van der Waals surface area contributed by atoms with Crippen molar-refractivity contribution in [2.24, 2.45) is 5.92 Å². The number of hydrogen-bond donors (Lipinski definition) is 0. The van der Waals surface area contributed by atoms with Crippen LogP contribution in [-0.2, 0) is 24.2 Å². The Kier molecular flexibility index (Phi) is 3.95. The average molecular weight is 310 g/mol. The predicted molar refractivity (Wildman–Crippen MR) is 72.7 cm³/mol. The molecule has 1 aromatic carbocycles. The molecule has 0 saturated carbocycles.